The summed E-state index contributed by atoms with van der Waals surface area (Å²) in [6.45, 7) is 2.13. The van der Waals surface area contributed by atoms with Gasteiger partial charge in [-0.25, -0.2) is 0 Å². The monoisotopic (exact) mass is 296 g/mol. The minimum atomic E-state index is -0.688. The first-order chi connectivity index (χ1) is 10.2. The van der Waals surface area contributed by atoms with Crippen LogP contribution in [0.4, 0.5) is 0 Å². The van der Waals surface area contributed by atoms with Crippen molar-refractivity contribution in [3.8, 4) is 0 Å². The van der Waals surface area contributed by atoms with Gasteiger partial charge < -0.3 is 10.2 Å². The molecule has 0 aromatic heterocycles. The molecule has 3 nitrogen and oxygen atoms in total. The third-order valence-corrected chi connectivity index (χ3v) is 3.37. The molecule has 1 unspecified atom stereocenters. The van der Waals surface area contributed by atoms with E-state index >= 15 is 0 Å². The number of carboxylic acid groups (broad SMARTS) is 1. The Labute approximate surface area is 129 Å². The zero-order chi connectivity index (χ0) is 15.8. The number of carboxylic acids is 1. The summed E-state index contributed by atoms with van der Waals surface area (Å²) in [5.74, 6) is -0.688. The minimum Gasteiger partial charge on any atom is -0.481 e. The van der Waals surface area contributed by atoms with Crippen molar-refractivity contribution in [2.45, 2.75) is 83.7 Å². The van der Waals surface area contributed by atoms with E-state index in [1.165, 1.54) is 19.3 Å². The van der Waals surface area contributed by atoms with Crippen molar-refractivity contribution in [3.05, 3.63) is 24.3 Å². The lowest BCUT2D eigenvalue weighted by molar-refractivity contribution is -0.137. The summed E-state index contributed by atoms with van der Waals surface area (Å²) in [6.07, 6.45) is 18.6. The Kier molecular flexibility index (Phi) is 14.5. The van der Waals surface area contributed by atoms with Gasteiger partial charge in [0.25, 0.3) is 0 Å². The SMILES string of the molecule is CCCC=CC(O)CC=CCCCCCCCCC(=O)O. The Morgan fingerprint density at radius 2 is 1.62 bits per heavy atom. The van der Waals surface area contributed by atoms with E-state index in [9.17, 15) is 9.90 Å². The molecule has 0 spiro atoms. The fraction of sp³-hybridized carbons (Fsp3) is 0.722. The Morgan fingerprint density at radius 1 is 0.952 bits per heavy atom. The van der Waals surface area contributed by atoms with E-state index in [1.807, 2.05) is 12.2 Å². The first-order valence-corrected chi connectivity index (χ1v) is 8.38. The summed E-state index contributed by atoms with van der Waals surface area (Å²) in [7, 11) is 0. The third kappa shape index (κ3) is 16.9. The number of aliphatic hydroxyl groups is 1. The predicted molar refractivity (Wildman–Crippen MR) is 88.4 cm³/mol. The number of rotatable bonds is 14. The number of carbonyl (C=O) groups is 1. The minimum absolute atomic E-state index is 0.303. The second-order valence-corrected chi connectivity index (χ2v) is 5.55. The van der Waals surface area contributed by atoms with Crippen molar-refractivity contribution in [1.82, 2.24) is 0 Å². The van der Waals surface area contributed by atoms with Crippen LogP contribution >= 0.6 is 0 Å². The zero-order valence-electron chi connectivity index (χ0n) is 13.5. The fourth-order valence-electron chi connectivity index (χ4n) is 2.10. The second-order valence-electron chi connectivity index (χ2n) is 5.55. The molecule has 0 aliphatic carbocycles. The van der Waals surface area contributed by atoms with Crippen LogP contribution in [0.3, 0.4) is 0 Å². The standard InChI is InChI=1S/C18H32O3/c1-2-3-11-14-17(19)15-12-9-7-5-4-6-8-10-13-16-18(20)21/h9,11-12,14,17,19H,2-8,10,13,15-16H2,1H3,(H,20,21). The molecule has 0 aliphatic heterocycles. The average molecular weight is 296 g/mol. The predicted octanol–water partition coefficient (Wildman–Crippen LogP) is 4.86. The molecule has 0 fully saturated rings. The lowest BCUT2D eigenvalue weighted by Crippen LogP contribution is -1.98. The van der Waals surface area contributed by atoms with Gasteiger partial charge in [0.1, 0.15) is 0 Å². The van der Waals surface area contributed by atoms with E-state index in [-0.39, 0.29) is 6.10 Å². The highest BCUT2D eigenvalue weighted by molar-refractivity contribution is 5.66. The van der Waals surface area contributed by atoms with Gasteiger partial charge in [0.15, 0.2) is 0 Å². The van der Waals surface area contributed by atoms with E-state index in [2.05, 4.69) is 19.1 Å². The molecule has 0 radical (unpaired) electrons. The molecule has 122 valence electrons. The van der Waals surface area contributed by atoms with Crippen LogP contribution in [0.1, 0.15) is 77.6 Å². The molecule has 2 N–H and O–H groups in total. The van der Waals surface area contributed by atoms with Crippen molar-refractivity contribution in [3.63, 3.8) is 0 Å². The average Bonchev–Trinajstić information content (AvgIpc) is 2.44. The molecule has 0 saturated carbocycles. The van der Waals surface area contributed by atoms with Gasteiger partial charge in [-0.3, -0.25) is 4.79 Å². The maximum Gasteiger partial charge on any atom is 0.303 e. The molecular weight excluding hydrogens is 264 g/mol. The van der Waals surface area contributed by atoms with E-state index in [4.69, 9.17) is 5.11 Å². The third-order valence-electron chi connectivity index (χ3n) is 3.37. The zero-order valence-corrected chi connectivity index (χ0v) is 13.5. The van der Waals surface area contributed by atoms with E-state index in [0.29, 0.717) is 12.8 Å². The van der Waals surface area contributed by atoms with Crippen LogP contribution in [0.25, 0.3) is 0 Å². The highest BCUT2D eigenvalue weighted by atomic mass is 16.4. The highest BCUT2D eigenvalue weighted by Crippen LogP contribution is 2.09. The molecule has 0 amide bonds. The molecule has 0 heterocycles. The molecule has 0 aromatic rings. The van der Waals surface area contributed by atoms with Gasteiger partial charge in [0.2, 0.25) is 0 Å². The van der Waals surface area contributed by atoms with E-state index in [1.54, 1.807) is 0 Å². The van der Waals surface area contributed by atoms with Crippen molar-refractivity contribution in [2.24, 2.45) is 0 Å². The molecule has 0 aromatic carbocycles. The molecule has 0 rings (SSSR count). The normalized spacial score (nSPS) is 13.2. The van der Waals surface area contributed by atoms with Crippen molar-refractivity contribution >= 4 is 5.97 Å². The van der Waals surface area contributed by atoms with Crippen LogP contribution in [0.2, 0.25) is 0 Å². The number of allylic oxidation sites excluding steroid dienone is 2. The van der Waals surface area contributed by atoms with Gasteiger partial charge in [-0.1, -0.05) is 63.3 Å². The first kappa shape index (κ1) is 19.9. The van der Waals surface area contributed by atoms with Crippen LogP contribution < -0.4 is 0 Å². The smallest absolute Gasteiger partial charge is 0.303 e. The van der Waals surface area contributed by atoms with Crippen LogP contribution in [-0.4, -0.2) is 22.3 Å². The van der Waals surface area contributed by atoms with E-state index < -0.39 is 5.97 Å². The Hall–Kier alpha value is -1.09. The van der Waals surface area contributed by atoms with E-state index in [0.717, 1.165) is 38.5 Å². The summed E-state index contributed by atoms with van der Waals surface area (Å²) < 4.78 is 0. The van der Waals surface area contributed by atoms with Crippen LogP contribution in [0.15, 0.2) is 24.3 Å². The molecule has 0 aliphatic rings. The second kappa shape index (κ2) is 15.3. The van der Waals surface area contributed by atoms with Crippen molar-refractivity contribution < 1.29 is 15.0 Å². The molecule has 0 bridgehead atoms. The fourth-order valence-corrected chi connectivity index (χ4v) is 2.10. The quantitative estimate of drug-likeness (QED) is 0.355. The van der Waals surface area contributed by atoms with Crippen LogP contribution in [0, 0.1) is 0 Å². The highest BCUT2D eigenvalue weighted by Gasteiger charge is 1.96. The number of aliphatic hydroxyl groups excluding tert-OH is 1. The number of hydrogen-bond acceptors (Lipinski definition) is 2. The number of unbranched alkanes of at least 4 members (excludes halogenated alkanes) is 7. The Morgan fingerprint density at radius 3 is 2.29 bits per heavy atom. The number of hydrogen-bond donors (Lipinski definition) is 2. The summed E-state index contributed by atoms with van der Waals surface area (Å²) in [4.78, 5) is 10.3. The Bertz CT molecular complexity index is 295. The van der Waals surface area contributed by atoms with Crippen LogP contribution in [0.5, 0.6) is 0 Å². The summed E-state index contributed by atoms with van der Waals surface area (Å²) >= 11 is 0. The van der Waals surface area contributed by atoms with Crippen LogP contribution in [-0.2, 0) is 4.79 Å². The molecular formula is C18H32O3. The maximum atomic E-state index is 10.3. The van der Waals surface area contributed by atoms with Gasteiger partial charge in [0.05, 0.1) is 6.10 Å². The van der Waals surface area contributed by atoms with Gasteiger partial charge in [0, 0.05) is 6.42 Å². The first-order valence-electron chi connectivity index (χ1n) is 8.38. The largest absolute Gasteiger partial charge is 0.481 e. The topological polar surface area (TPSA) is 57.5 Å². The number of aliphatic carboxylic acids is 1. The van der Waals surface area contributed by atoms with Gasteiger partial charge in [-0.15, -0.1) is 0 Å². The lowest BCUT2D eigenvalue weighted by atomic mass is 10.1. The van der Waals surface area contributed by atoms with Gasteiger partial charge in [-0.2, -0.15) is 0 Å². The Balaban J connectivity index is 3.30. The van der Waals surface area contributed by atoms with Gasteiger partial charge >= 0.3 is 5.97 Å². The maximum absolute atomic E-state index is 10.3. The van der Waals surface area contributed by atoms with Gasteiger partial charge in [-0.05, 0) is 32.1 Å². The molecule has 3 heteroatoms. The summed E-state index contributed by atoms with van der Waals surface area (Å²) in [5.41, 5.74) is 0. The summed E-state index contributed by atoms with van der Waals surface area (Å²) in [5, 5.41) is 18.2. The van der Waals surface area contributed by atoms with Crippen molar-refractivity contribution in [1.29, 1.82) is 0 Å². The molecule has 21 heavy (non-hydrogen) atoms. The lowest BCUT2D eigenvalue weighted by Gasteiger charge is -2.01. The molecule has 0 saturated heterocycles. The van der Waals surface area contributed by atoms with Crippen molar-refractivity contribution in [2.75, 3.05) is 0 Å². The molecule has 1 atom stereocenters. The summed E-state index contributed by atoms with van der Waals surface area (Å²) in [6, 6.07) is 0.